The van der Waals surface area contributed by atoms with E-state index in [0.717, 1.165) is 5.69 Å². The molecule has 0 atom stereocenters. The number of anilines is 1. The monoisotopic (exact) mass is 284 g/mol. The van der Waals surface area contributed by atoms with Crippen LogP contribution in [0.1, 0.15) is 5.56 Å². The average Bonchev–Trinajstić information content (AvgIpc) is 2.91. The first-order valence-electron chi connectivity index (χ1n) is 6.20. The van der Waals surface area contributed by atoms with Gasteiger partial charge in [0.05, 0.1) is 29.7 Å². The maximum Gasteiger partial charge on any atom is 0.290 e. The van der Waals surface area contributed by atoms with Crippen molar-refractivity contribution in [2.24, 2.45) is 5.10 Å². The maximum absolute atomic E-state index is 11.7. The Morgan fingerprint density at radius 1 is 1.29 bits per heavy atom. The quantitative estimate of drug-likeness (QED) is 0.449. The Kier molecular flexibility index (Phi) is 3.38. The number of nitrogens with zero attached hydrogens (tertiary/aromatic N) is 3. The van der Waals surface area contributed by atoms with Gasteiger partial charge in [-0.2, -0.15) is 5.10 Å². The fourth-order valence-electron chi connectivity index (χ4n) is 1.93. The van der Waals surface area contributed by atoms with E-state index in [4.69, 9.17) is 4.74 Å². The molecule has 7 heteroatoms. The van der Waals surface area contributed by atoms with E-state index >= 15 is 0 Å². The number of para-hydroxylation sites is 1. The fraction of sp³-hybridized carbons (Fsp3) is 0.0714. The topological polar surface area (TPSA) is 86.6 Å². The van der Waals surface area contributed by atoms with Crippen molar-refractivity contribution in [3.63, 3.8) is 0 Å². The zero-order valence-electron chi connectivity index (χ0n) is 11.2. The van der Waals surface area contributed by atoms with Gasteiger partial charge >= 0.3 is 0 Å². The van der Waals surface area contributed by atoms with Gasteiger partial charge in [-0.05, 0) is 29.2 Å². The molecule has 0 aliphatic rings. The molecule has 1 aromatic heterocycles. The van der Waals surface area contributed by atoms with Gasteiger partial charge in [0.15, 0.2) is 5.75 Å². The van der Waals surface area contributed by atoms with E-state index < -0.39 is 0 Å². The lowest BCUT2D eigenvalue weighted by Crippen LogP contribution is -2.23. The summed E-state index contributed by atoms with van der Waals surface area (Å²) >= 11 is 0. The van der Waals surface area contributed by atoms with E-state index in [1.54, 1.807) is 12.1 Å². The third-order valence-corrected chi connectivity index (χ3v) is 2.93. The van der Waals surface area contributed by atoms with Crippen molar-refractivity contribution < 1.29 is 14.3 Å². The Morgan fingerprint density at radius 2 is 2.10 bits per heavy atom. The van der Waals surface area contributed by atoms with Gasteiger partial charge in [-0.15, -0.1) is 0 Å². The average molecular weight is 284 g/mol. The largest absolute Gasteiger partial charge is 0.492 e. The lowest BCUT2D eigenvalue weighted by atomic mass is 10.2. The van der Waals surface area contributed by atoms with E-state index in [1.165, 1.54) is 13.3 Å². The summed E-state index contributed by atoms with van der Waals surface area (Å²) in [5, 5.41) is 19.4. The second-order valence-corrected chi connectivity index (χ2v) is 4.22. The van der Waals surface area contributed by atoms with Crippen LogP contribution in [0, 0.1) is 5.21 Å². The highest BCUT2D eigenvalue weighted by atomic mass is 16.8. The second-order valence-electron chi connectivity index (χ2n) is 4.22. The molecule has 0 amide bonds. The number of benzene rings is 2. The summed E-state index contributed by atoms with van der Waals surface area (Å²) in [5.41, 5.74) is 4.92. The molecule has 0 spiro atoms. The van der Waals surface area contributed by atoms with Crippen molar-refractivity contribution in [1.29, 1.82) is 0 Å². The van der Waals surface area contributed by atoms with Gasteiger partial charge in [0.25, 0.3) is 5.52 Å². The molecule has 2 aromatic carbocycles. The van der Waals surface area contributed by atoms with Gasteiger partial charge < -0.3 is 9.94 Å². The number of hydrogen-bond donors (Lipinski definition) is 1. The van der Waals surface area contributed by atoms with Crippen LogP contribution in [0.4, 0.5) is 5.69 Å². The minimum Gasteiger partial charge on any atom is -0.492 e. The summed E-state index contributed by atoms with van der Waals surface area (Å²) in [5.74, 6) is 0.469. The number of hydrazone groups is 1. The number of nitrogens with one attached hydrogen (secondary N) is 1. The van der Waals surface area contributed by atoms with Crippen LogP contribution in [0.3, 0.4) is 0 Å². The molecular formula is C14H12N4O3. The first-order valence-corrected chi connectivity index (χ1v) is 6.20. The number of methoxy groups -OCH3 is 1. The summed E-state index contributed by atoms with van der Waals surface area (Å²) < 4.78 is 9.75. The molecule has 21 heavy (non-hydrogen) atoms. The first-order chi connectivity index (χ1) is 10.3. The van der Waals surface area contributed by atoms with Gasteiger partial charge in [0, 0.05) is 0 Å². The lowest BCUT2D eigenvalue weighted by Gasteiger charge is -2.00. The van der Waals surface area contributed by atoms with Crippen molar-refractivity contribution in [2.75, 3.05) is 12.5 Å². The number of fused-ring (bicyclic) bond motifs is 1. The molecule has 106 valence electrons. The molecule has 0 fully saturated rings. The van der Waals surface area contributed by atoms with Gasteiger partial charge in [0.2, 0.25) is 5.52 Å². The van der Waals surface area contributed by atoms with Gasteiger partial charge in [-0.25, -0.2) is 0 Å². The Hall–Kier alpha value is -3.09. The van der Waals surface area contributed by atoms with Crippen molar-refractivity contribution in [3.8, 4) is 5.75 Å². The van der Waals surface area contributed by atoms with Crippen molar-refractivity contribution in [3.05, 3.63) is 53.2 Å². The summed E-state index contributed by atoms with van der Waals surface area (Å²) in [4.78, 5) is 0.335. The van der Waals surface area contributed by atoms with Gasteiger partial charge in [-0.3, -0.25) is 10.1 Å². The molecule has 0 saturated heterocycles. The van der Waals surface area contributed by atoms with E-state index in [-0.39, 0.29) is 5.52 Å². The molecule has 1 heterocycles. The van der Waals surface area contributed by atoms with Crippen LogP contribution < -0.4 is 15.1 Å². The molecule has 0 aliphatic heterocycles. The van der Waals surface area contributed by atoms with Crippen LogP contribution in [0.2, 0.25) is 0 Å². The molecule has 0 aliphatic carbocycles. The van der Waals surface area contributed by atoms with Crippen molar-refractivity contribution in [2.45, 2.75) is 0 Å². The zero-order valence-corrected chi connectivity index (χ0v) is 11.2. The Morgan fingerprint density at radius 3 is 2.86 bits per heavy atom. The van der Waals surface area contributed by atoms with Crippen molar-refractivity contribution >= 4 is 22.9 Å². The molecule has 3 aromatic rings. The Bertz CT molecular complexity index is 784. The van der Waals surface area contributed by atoms with E-state index in [1.807, 2.05) is 30.3 Å². The highest BCUT2D eigenvalue weighted by Crippen LogP contribution is 2.23. The molecule has 0 saturated carbocycles. The van der Waals surface area contributed by atoms with Crippen LogP contribution in [0.25, 0.3) is 11.0 Å². The van der Waals surface area contributed by atoms with E-state index in [2.05, 4.69) is 20.3 Å². The standard InChI is InChI=1S/C14H12N4O3/c1-20-12-8-7-10(14-13(12)17-21-18(14)19)9-15-16-11-5-3-2-4-6-11/h2-9,16H,1H3/b15-9+. The molecular weight excluding hydrogens is 272 g/mol. The summed E-state index contributed by atoms with van der Waals surface area (Å²) in [6, 6.07) is 12.9. The summed E-state index contributed by atoms with van der Waals surface area (Å²) in [6.07, 6.45) is 1.53. The highest BCUT2D eigenvalue weighted by molar-refractivity contribution is 5.96. The number of hydrogen-bond acceptors (Lipinski definition) is 6. The zero-order chi connectivity index (χ0) is 14.7. The summed E-state index contributed by atoms with van der Waals surface area (Å²) in [7, 11) is 1.50. The molecule has 7 nitrogen and oxygen atoms in total. The number of rotatable bonds is 4. The molecule has 1 N–H and O–H groups in total. The SMILES string of the molecule is COc1ccc(/C=N/Nc2ccccc2)c2c1no[n+]2[O-]. The first kappa shape index (κ1) is 12.9. The highest BCUT2D eigenvalue weighted by Gasteiger charge is 2.18. The van der Waals surface area contributed by atoms with Crippen LogP contribution in [-0.4, -0.2) is 18.5 Å². The maximum atomic E-state index is 11.7. The molecule has 0 bridgehead atoms. The van der Waals surface area contributed by atoms with Crippen LogP contribution in [0.15, 0.2) is 52.2 Å². The molecule has 3 rings (SSSR count). The van der Waals surface area contributed by atoms with Crippen LogP contribution in [0.5, 0.6) is 5.75 Å². The third-order valence-electron chi connectivity index (χ3n) is 2.93. The number of aromatic nitrogens is 2. The molecule has 0 radical (unpaired) electrons. The predicted octanol–water partition coefficient (Wildman–Crippen LogP) is 1.92. The second kappa shape index (κ2) is 5.49. The van der Waals surface area contributed by atoms with Gasteiger partial charge in [0.1, 0.15) is 0 Å². The smallest absolute Gasteiger partial charge is 0.290 e. The number of ether oxygens (including phenoxy) is 1. The normalized spacial score (nSPS) is 11.1. The van der Waals surface area contributed by atoms with E-state index in [0.29, 0.717) is 21.7 Å². The van der Waals surface area contributed by atoms with Crippen molar-refractivity contribution in [1.82, 2.24) is 5.16 Å². The van der Waals surface area contributed by atoms with E-state index in [9.17, 15) is 5.21 Å². The van der Waals surface area contributed by atoms with Crippen LogP contribution >= 0.6 is 0 Å². The Balaban J connectivity index is 1.92. The van der Waals surface area contributed by atoms with Crippen LogP contribution in [-0.2, 0) is 0 Å². The minimum absolute atomic E-state index is 0.271. The summed E-state index contributed by atoms with van der Waals surface area (Å²) in [6.45, 7) is 0. The lowest BCUT2D eigenvalue weighted by molar-refractivity contribution is -0.782. The predicted molar refractivity (Wildman–Crippen MR) is 77.2 cm³/mol. The third kappa shape index (κ3) is 2.48. The molecule has 0 unspecified atom stereocenters. The van der Waals surface area contributed by atoms with Gasteiger partial charge in [-0.1, -0.05) is 18.2 Å². The minimum atomic E-state index is 0.271. The Labute approximate surface area is 120 Å². The fourth-order valence-corrected chi connectivity index (χ4v) is 1.93.